The molecule has 0 aliphatic carbocycles. The summed E-state index contributed by atoms with van der Waals surface area (Å²) in [5, 5.41) is 3.04. The SMILES string of the molecule is COc1ccc(C2(c3ccc(OC)cc3)CC(=O)N2)cc1. The third-order valence-corrected chi connectivity index (χ3v) is 3.94. The van der Waals surface area contributed by atoms with Crippen molar-refractivity contribution in [3.63, 3.8) is 0 Å². The number of carbonyl (C=O) groups is 1. The summed E-state index contributed by atoms with van der Waals surface area (Å²) >= 11 is 0. The monoisotopic (exact) mass is 283 g/mol. The lowest BCUT2D eigenvalue weighted by atomic mass is 9.74. The summed E-state index contributed by atoms with van der Waals surface area (Å²) in [4.78, 5) is 11.5. The van der Waals surface area contributed by atoms with Gasteiger partial charge in [-0.3, -0.25) is 4.79 Å². The molecule has 4 heteroatoms. The van der Waals surface area contributed by atoms with Gasteiger partial charge < -0.3 is 14.8 Å². The molecular formula is C17H17NO3. The van der Waals surface area contributed by atoms with Crippen LogP contribution in [0, 0.1) is 0 Å². The summed E-state index contributed by atoms with van der Waals surface area (Å²) in [5.74, 6) is 1.66. The second kappa shape index (κ2) is 5.13. The van der Waals surface area contributed by atoms with E-state index >= 15 is 0 Å². The predicted octanol–water partition coefficient (Wildman–Crippen LogP) is 2.47. The van der Waals surface area contributed by atoms with Crippen LogP contribution >= 0.6 is 0 Å². The molecule has 3 rings (SSSR count). The third-order valence-electron chi connectivity index (χ3n) is 3.94. The van der Waals surface area contributed by atoms with Gasteiger partial charge in [-0.25, -0.2) is 0 Å². The van der Waals surface area contributed by atoms with Gasteiger partial charge in [-0.05, 0) is 35.4 Å². The van der Waals surface area contributed by atoms with E-state index in [1.54, 1.807) is 14.2 Å². The van der Waals surface area contributed by atoms with Gasteiger partial charge in [-0.15, -0.1) is 0 Å². The van der Waals surface area contributed by atoms with Crippen LogP contribution in [-0.2, 0) is 10.3 Å². The van der Waals surface area contributed by atoms with Gasteiger partial charge in [0, 0.05) is 0 Å². The fourth-order valence-corrected chi connectivity index (χ4v) is 2.73. The molecule has 0 radical (unpaired) electrons. The van der Waals surface area contributed by atoms with Crippen LogP contribution in [0.1, 0.15) is 17.5 Å². The van der Waals surface area contributed by atoms with Crippen molar-refractivity contribution in [2.24, 2.45) is 0 Å². The Morgan fingerprint density at radius 3 is 1.52 bits per heavy atom. The van der Waals surface area contributed by atoms with E-state index in [1.165, 1.54) is 0 Å². The number of amides is 1. The minimum atomic E-state index is -0.449. The van der Waals surface area contributed by atoms with Crippen molar-refractivity contribution in [2.45, 2.75) is 12.0 Å². The highest BCUT2D eigenvalue weighted by molar-refractivity contribution is 5.87. The molecular weight excluding hydrogens is 266 g/mol. The first-order chi connectivity index (χ1) is 10.2. The molecule has 2 aromatic rings. The van der Waals surface area contributed by atoms with Crippen LogP contribution < -0.4 is 14.8 Å². The largest absolute Gasteiger partial charge is 0.497 e. The Morgan fingerprint density at radius 1 is 0.857 bits per heavy atom. The molecule has 4 nitrogen and oxygen atoms in total. The van der Waals surface area contributed by atoms with E-state index in [9.17, 15) is 4.79 Å². The van der Waals surface area contributed by atoms with Gasteiger partial charge in [-0.2, -0.15) is 0 Å². The summed E-state index contributed by atoms with van der Waals surface area (Å²) in [6.07, 6.45) is 0.450. The molecule has 1 heterocycles. The Hall–Kier alpha value is -2.49. The van der Waals surface area contributed by atoms with Crippen LogP contribution in [0.3, 0.4) is 0 Å². The molecule has 0 unspecified atom stereocenters. The van der Waals surface area contributed by atoms with Crippen LogP contribution in [0.25, 0.3) is 0 Å². The quantitative estimate of drug-likeness (QED) is 0.877. The average molecular weight is 283 g/mol. The Bertz CT molecular complexity index is 589. The zero-order valence-electron chi connectivity index (χ0n) is 12.1. The molecule has 108 valence electrons. The van der Waals surface area contributed by atoms with Gasteiger partial charge in [0.25, 0.3) is 0 Å². The molecule has 1 aliphatic rings. The minimum Gasteiger partial charge on any atom is -0.497 e. The van der Waals surface area contributed by atoms with E-state index in [2.05, 4.69) is 5.32 Å². The number of carbonyl (C=O) groups excluding carboxylic acids is 1. The van der Waals surface area contributed by atoms with Crippen LogP contribution in [0.4, 0.5) is 0 Å². The van der Waals surface area contributed by atoms with Gasteiger partial charge in [0.1, 0.15) is 11.5 Å². The van der Waals surface area contributed by atoms with Crippen molar-refractivity contribution in [2.75, 3.05) is 14.2 Å². The normalized spacial score (nSPS) is 15.8. The first kappa shape index (κ1) is 13.5. The van der Waals surface area contributed by atoms with Crippen molar-refractivity contribution in [3.05, 3.63) is 59.7 Å². The molecule has 0 aromatic heterocycles. The molecule has 1 saturated heterocycles. The molecule has 1 fully saturated rings. The van der Waals surface area contributed by atoms with Crippen molar-refractivity contribution >= 4 is 5.91 Å². The van der Waals surface area contributed by atoms with E-state index in [0.717, 1.165) is 22.6 Å². The van der Waals surface area contributed by atoms with Crippen molar-refractivity contribution < 1.29 is 14.3 Å². The summed E-state index contributed by atoms with van der Waals surface area (Å²) in [6.45, 7) is 0. The second-order valence-electron chi connectivity index (χ2n) is 5.09. The number of methoxy groups -OCH3 is 2. The van der Waals surface area contributed by atoms with E-state index in [1.807, 2.05) is 48.5 Å². The number of β-lactam (4-membered cyclic amide) rings is 1. The maximum absolute atomic E-state index is 11.5. The lowest BCUT2D eigenvalue weighted by Crippen LogP contribution is -2.58. The van der Waals surface area contributed by atoms with Crippen molar-refractivity contribution in [1.82, 2.24) is 5.32 Å². The summed E-state index contributed by atoms with van der Waals surface area (Å²) in [5.41, 5.74) is 1.65. The number of hydrogen-bond acceptors (Lipinski definition) is 3. The predicted molar refractivity (Wildman–Crippen MR) is 79.5 cm³/mol. The zero-order valence-corrected chi connectivity index (χ0v) is 12.1. The molecule has 0 spiro atoms. The van der Waals surface area contributed by atoms with Crippen molar-refractivity contribution in [3.8, 4) is 11.5 Å². The van der Waals surface area contributed by atoms with E-state index in [-0.39, 0.29) is 5.91 Å². The molecule has 1 aliphatic heterocycles. The van der Waals surface area contributed by atoms with Gasteiger partial charge in [0.2, 0.25) is 5.91 Å². The third kappa shape index (κ3) is 2.23. The molecule has 2 aromatic carbocycles. The fraction of sp³-hybridized carbons (Fsp3) is 0.235. The molecule has 21 heavy (non-hydrogen) atoms. The Labute approximate surface area is 123 Å². The van der Waals surface area contributed by atoms with E-state index in [4.69, 9.17) is 9.47 Å². The lowest BCUT2D eigenvalue weighted by molar-refractivity contribution is -0.131. The molecule has 0 atom stereocenters. The number of rotatable bonds is 4. The molecule has 0 saturated carbocycles. The first-order valence-corrected chi connectivity index (χ1v) is 6.78. The topological polar surface area (TPSA) is 47.6 Å². The smallest absolute Gasteiger partial charge is 0.224 e. The van der Waals surface area contributed by atoms with Crippen LogP contribution in [0.5, 0.6) is 11.5 Å². The lowest BCUT2D eigenvalue weighted by Gasteiger charge is -2.43. The van der Waals surface area contributed by atoms with E-state index < -0.39 is 5.54 Å². The second-order valence-corrected chi connectivity index (χ2v) is 5.09. The summed E-state index contributed by atoms with van der Waals surface area (Å²) in [7, 11) is 3.28. The highest BCUT2D eigenvalue weighted by atomic mass is 16.5. The average Bonchev–Trinajstić information content (AvgIpc) is 2.52. The molecule has 0 bridgehead atoms. The Balaban J connectivity index is 2.00. The molecule has 1 N–H and O–H groups in total. The number of nitrogens with one attached hydrogen (secondary N) is 1. The zero-order chi connectivity index (χ0) is 14.9. The van der Waals surface area contributed by atoms with Gasteiger partial charge in [0.05, 0.1) is 26.2 Å². The highest BCUT2D eigenvalue weighted by Crippen LogP contribution is 2.39. The molecule has 1 amide bonds. The maximum atomic E-state index is 11.5. The Morgan fingerprint density at radius 2 is 1.24 bits per heavy atom. The highest BCUT2D eigenvalue weighted by Gasteiger charge is 2.45. The number of hydrogen-bond donors (Lipinski definition) is 1. The fourth-order valence-electron chi connectivity index (χ4n) is 2.73. The minimum absolute atomic E-state index is 0.0571. The van der Waals surface area contributed by atoms with Gasteiger partial charge >= 0.3 is 0 Å². The van der Waals surface area contributed by atoms with Gasteiger partial charge in [0.15, 0.2) is 0 Å². The van der Waals surface area contributed by atoms with Crippen molar-refractivity contribution in [1.29, 1.82) is 0 Å². The van der Waals surface area contributed by atoms with Crippen LogP contribution in [-0.4, -0.2) is 20.1 Å². The standard InChI is InChI=1S/C17H17NO3/c1-20-14-7-3-12(4-8-14)17(11-16(19)18-17)13-5-9-15(21-2)10-6-13/h3-10H,11H2,1-2H3,(H,18,19). The number of benzene rings is 2. The number of ether oxygens (including phenoxy) is 2. The Kier molecular flexibility index (Phi) is 3.29. The maximum Gasteiger partial charge on any atom is 0.224 e. The first-order valence-electron chi connectivity index (χ1n) is 6.78. The summed E-state index contributed by atoms with van der Waals surface area (Å²) < 4.78 is 10.4. The van der Waals surface area contributed by atoms with E-state index in [0.29, 0.717) is 6.42 Å². The van der Waals surface area contributed by atoms with Crippen LogP contribution in [0.15, 0.2) is 48.5 Å². The van der Waals surface area contributed by atoms with Gasteiger partial charge in [-0.1, -0.05) is 24.3 Å². The summed E-state index contributed by atoms with van der Waals surface area (Å²) in [6, 6.07) is 15.6. The van der Waals surface area contributed by atoms with Crippen LogP contribution in [0.2, 0.25) is 0 Å².